The van der Waals surface area contributed by atoms with Crippen LogP contribution in [0, 0.1) is 12.8 Å². The summed E-state index contributed by atoms with van der Waals surface area (Å²) in [7, 11) is 0. The molecule has 0 saturated carbocycles. The van der Waals surface area contributed by atoms with Crippen LogP contribution in [0.4, 0.5) is 0 Å². The molecule has 2 heteroatoms. The van der Waals surface area contributed by atoms with Crippen molar-refractivity contribution in [3.05, 3.63) is 29.3 Å². The summed E-state index contributed by atoms with van der Waals surface area (Å²) in [5.41, 5.74) is 2.12. The standard InChI is InChI=1S/C16H27NO/c1-11(2)10-17(12(3)4)14(6)15-8-7-13(5)9-16(15)18/h7-9,11-12,14,18H,10H2,1-6H3. The number of hydrogen-bond acceptors (Lipinski definition) is 2. The van der Waals surface area contributed by atoms with Crippen LogP contribution in [0.3, 0.4) is 0 Å². The smallest absolute Gasteiger partial charge is 0.120 e. The molecule has 102 valence electrons. The van der Waals surface area contributed by atoms with Crippen molar-refractivity contribution in [1.29, 1.82) is 0 Å². The van der Waals surface area contributed by atoms with Gasteiger partial charge in [-0.2, -0.15) is 0 Å². The van der Waals surface area contributed by atoms with E-state index in [2.05, 4.69) is 45.6 Å². The van der Waals surface area contributed by atoms with Gasteiger partial charge in [0.25, 0.3) is 0 Å². The van der Waals surface area contributed by atoms with Crippen LogP contribution >= 0.6 is 0 Å². The zero-order chi connectivity index (χ0) is 13.9. The Morgan fingerprint density at radius 2 is 1.72 bits per heavy atom. The molecule has 2 nitrogen and oxygen atoms in total. The van der Waals surface area contributed by atoms with Gasteiger partial charge < -0.3 is 5.11 Å². The maximum Gasteiger partial charge on any atom is 0.120 e. The third kappa shape index (κ3) is 3.74. The molecular weight excluding hydrogens is 222 g/mol. The van der Waals surface area contributed by atoms with E-state index in [0.29, 0.717) is 17.7 Å². The van der Waals surface area contributed by atoms with E-state index >= 15 is 0 Å². The second-order valence-electron chi connectivity index (χ2n) is 5.92. The summed E-state index contributed by atoms with van der Waals surface area (Å²) in [5.74, 6) is 1.04. The lowest BCUT2D eigenvalue weighted by atomic mass is 10.0. The lowest BCUT2D eigenvalue weighted by Gasteiger charge is -2.34. The fraction of sp³-hybridized carbons (Fsp3) is 0.625. The Labute approximate surface area is 112 Å². The maximum absolute atomic E-state index is 10.1. The quantitative estimate of drug-likeness (QED) is 0.848. The molecule has 0 heterocycles. The number of phenolic OH excluding ortho intramolecular Hbond substituents is 1. The van der Waals surface area contributed by atoms with Crippen molar-refractivity contribution in [2.24, 2.45) is 5.92 Å². The number of phenols is 1. The van der Waals surface area contributed by atoms with Crippen molar-refractivity contribution in [1.82, 2.24) is 4.90 Å². The highest BCUT2D eigenvalue weighted by atomic mass is 16.3. The first kappa shape index (κ1) is 15.0. The topological polar surface area (TPSA) is 23.5 Å². The molecule has 0 aromatic heterocycles. The zero-order valence-electron chi connectivity index (χ0n) is 12.6. The summed E-state index contributed by atoms with van der Waals surface area (Å²) in [6.45, 7) is 14.1. The highest BCUT2D eigenvalue weighted by molar-refractivity contribution is 5.37. The van der Waals surface area contributed by atoms with Crippen molar-refractivity contribution in [3.63, 3.8) is 0 Å². The van der Waals surface area contributed by atoms with E-state index in [1.165, 1.54) is 0 Å². The molecule has 0 amide bonds. The van der Waals surface area contributed by atoms with E-state index in [9.17, 15) is 5.11 Å². The van der Waals surface area contributed by atoms with E-state index in [4.69, 9.17) is 0 Å². The van der Waals surface area contributed by atoms with Crippen molar-refractivity contribution in [2.75, 3.05) is 6.54 Å². The summed E-state index contributed by atoms with van der Waals surface area (Å²) in [6, 6.07) is 6.68. The van der Waals surface area contributed by atoms with Crippen molar-refractivity contribution < 1.29 is 5.11 Å². The lowest BCUT2D eigenvalue weighted by Crippen LogP contribution is -2.36. The third-order valence-electron chi connectivity index (χ3n) is 3.37. The number of benzene rings is 1. The number of nitrogens with zero attached hydrogens (tertiary/aromatic N) is 1. The van der Waals surface area contributed by atoms with Gasteiger partial charge in [-0.15, -0.1) is 0 Å². The maximum atomic E-state index is 10.1. The molecule has 1 unspecified atom stereocenters. The SMILES string of the molecule is Cc1ccc(C(C)N(CC(C)C)C(C)C)c(O)c1. The van der Waals surface area contributed by atoms with Gasteiger partial charge in [-0.05, 0) is 45.2 Å². The van der Waals surface area contributed by atoms with Gasteiger partial charge in [0.2, 0.25) is 0 Å². The molecule has 1 aromatic rings. The van der Waals surface area contributed by atoms with Crippen molar-refractivity contribution >= 4 is 0 Å². The van der Waals surface area contributed by atoms with Gasteiger partial charge in [0.15, 0.2) is 0 Å². The highest BCUT2D eigenvalue weighted by Gasteiger charge is 2.21. The molecule has 1 aromatic carbocycles. The van der Waals surface area contributed by atoms with Gasteiger partial charge in [-0.25, -0.2) is 0 Å². The first-order chi connectivity index (χ1) is 8.32. The van der Waals surface area contributed by atoms with E-state index in [-0.39, 0.29) is 6.04 Å². The van der Waals surface area contributed by atoms with E-state index < -0.39 is 0 Å². The van der Waals surface area contributed by atoms with Gasteiger partial charge in [0, 0.05) is 24.2 Å². The van der Waals surface area contributed by atoms with Crippen molar-refractivity contribution in [3.8, 4) is 5.75 Å². The minimum absolute atomic E-state index is 0.244. The highest BCUT2D eigenvalue weighted by Crippen LogP contribution is 2.30. The summed E-state index contributed by atoms with van der Waals surface area (Å²) in [4.78, 5) is 2.44. The van der Waals surface area contributed by atoms with Gasteiger partial charge in [0.1, 0.15) is 5.75 Å². The Bertz CT molecular complexity index is 385. The molecule has 0 saturated heterocycles. The molecule has 0 aliphatic rings. The molecule has 0 fully saturated rings. The molecular formula is C16H27NO. The first-order valence-corrected chi connectivity index (χ1v) is 6.88. The monoisotopic (exact) mass is 249 g/mol. The average Bonchev–Trinajstić information content (AvgIpc) is 2.24. The fourth-order valence-corrected chi connectivity index (χ4v) is 2.42. The minimum Gasteiger partial charge on any atom is -0.508 e. The predicted octanol–water partition coefficient (Wildman–Crippen LogP) is 4.13. The van der Waals surface area contributed by atoms with Gasteiger partial charge in [0.05, 0.1) is 0 Å². The van der Waals surface area contributed by atoms with Crippen LogP contribution in [-0.2, 0) is 0 Å². The van der Waals surface area contributed by atoms with Gasteiger partial charge >= 0.3 is 0 Å². The molecule has 0 aliphatic heterocycles. The van der Waals surface area contributed by atoms with Crippen molar-refractivity contribution in [2.45, 2.75) is 53.6 Å². The average molecular weight is 249 g/mol. The summed E-state index contributed by atoms with van der Waals surface area (Å²) in [5, 5.41) is 10.1. The molecule has 18 heavy (non-hydrogen) atoms. The Morgan fingerprint density at radius 3 is 2.17 bits per heavy atom. The van der Waals surface area contributed by atoms with Crippen LogP contribution in [0.15, 0.2) is 18.2 Å². The number of hydrogen-bond donors (Lipinski definition) is 1. The summed E-state index contributed by atoms with van der Waals surface area (Å²) < 4.78 is 0. The van der Waals surface area contributed by atoms with Crippen LogP contribution in [0.25, 0.3) is 0 Å². The molecule has 1 atom stereocenters. The zero-order valence-corrected chi connectivity index (χ0v) is 12.6. The Hall–Kier alpha value is -1.02. The third-order valence-corrected chi connectivity index (χ3v) is 3.37. The minimum atomic E-state index is 0.244. The van der Waals surface area contributed by atoms with Crippen LogP contribution in [0.5, 0.6) is 5.75 Å². The number of aryl methyl sites for hydroxylation is 1. The summed E-state index contributed by atoms with van der Waals surface area (Å²) in [6.07, 6.45) is 0. The molecule has 1 N–H and O–H groups in total. The summed E-state index contributed by atoms with van der Waals surface area (Å²) >= 11 is 0. The number of rotatable bonds is 5. The van der Waals surface area contributed by atoms with Gasteiger partial charge in [-0.3, -0.25) is 4.90 Å². The normalized spacial score (nSPS) is 13.6. The molecule has 0 spiro atoms. The van der Waals surface area contributed by atoms with Crippen LogP contribution in [0.1, 0.15) is 51.8 Å². The van der Waals surface area contributed by atoms with Crippen LogP contribution < -0.4 is 0 Å². The fourth-order valence-electron chi connectivity index (χ4n) is 2.42. The molecule has 0 aliphatic carbocycles. The second kappa shape index (κ2) is 6.24. The Balaban J connectivity index is 2.98. The van der Waals surface area contributed by atoms with Crippen LogP contribution in [0.2, 0.25) is 0 Å². The molecule has 0 radical (unpaired) electrons. The van der Waals surface area contributed by atoms with E-state index in [1.54, 1.807) is 0 Å². The van der Waals surface area contributed by atoms with E-state index in [1.807, 2.05) is 19.1 Å². The number of aromatic hydroxyl groups is 1. The molecule has 1 rings (SSSR count). The van der Waals surface area contributed by atoms with E-state index in [0.717, 1.165) is 17.7 Å². The van der Waals surface area contributed by atoms with Crippen LogP contribution in [-0.4, -0.2) is 22.6 Å². The lowest BCUT2D eigenvalue weighted by molar-refractivity contribution is 0.143. The first-order valence-electron chi connectivity index (χ1n) is 6.88. The Kier molecular flexibility index (Phi) is 5.21. The second-order valence-corrected chi connectivity index (χ2v) is 5.92. The largest absolute Gasteiger partial charge is 0.508 e. The predicted molar refractivity (Wildman–Crippen MR) is 77.9 cm³/mol. The Morgan fingerprint density at radius 1 is 1.11 bits per heavy atom. The van der Waals surface area contributed by atoms with Gasteiger partial charge in [-0.1, -0.05) is 26.0 Å². The molecule has 0 bridgehead atoms.